The molecule has 1 N–H and O–H groups in total. The average molecular weight is 282 g/mol. The van der Waals surface area contributed by atoms with Gasteiger partial charge < -0.3 is 0 Å². The van der Waals surface area contributed by atoms with Gasteiger partial charge in [-0.2, -0.15) is 0 Å². The largest absolute Gasteiger partial charge is 0.290 e. The lowest BCUT2D eigenvalue weighted by molar-refractivity contribution is -0.115. The summed E-state index contributed by atoms with van der Waals surface area (Å²) in [4.78, 5) is 27.3. The van der Waals surface area contributed by atoms with Gasteiger partial charge >= 0.3 is 0 Å². The Bertz CT molecular complexity index is 694. The molecule has 1 aromatic heterocycles. The Balaban J connectivity index is 1.86. The van der Waals surface area contributed by atoms with E-state index in [4.69, 9.17) is 0 Å². The molecule has 0 radical (unpaired) electrons. The van der Waals surface area contributed by atoms with E-state index in [0.717, 1.165) is 28.6 Å². The van der Waals surface area contributed by atoms with Gasteiger partial charge in [-0.25, -0.2) is 0 Å². The van der Waals surface area contributed by atoms with Crippen molar-refractivity contribution in [2.75, 3.05) is 0 Å². The Labute approximate surface area is 119 Å². The average Bonchev–Trinajstić information content (AvgIpc) is 2.79. The summed E-state index contributed by atoms with van der Waals surface area (Å²) in [5, 5.41) is 1.88. The molecule has 1 aromatic carbocycles. The van der Waals surface area contributed by atoms with Crippen LogP contribution in [0.2, 0.25) is 0 Å². The molecule has 5 heteroatoms. The minimum atomic E-state index is -0.355. The fourth-order valence-corrected chi connectivity index (χ4v) is 2.52. The summed E-state index contributed by atoms with van der Waals surface area (Å²) in [5.74, 6) is -0.355. The van der Waals surface area contributed by atoms with Gasteiger partial charge in [0.2, 0.25) is 0 Å². The number of hydrogen-bond acceptors (Lipinski definition) is 4. The molecule has 2 aromatic rings. The Kier molecular flexibility index (Phi) is 3.35. The van der Waals surface area contributed by atoms with Gasteiger partial charge in [-0.15, -0.1) is 0 Å². The topological polar surface area (TPSA) is 59.1 Å². The fourth-order valence-electron chi connectivity index (χ4n) is 1.84. The van der Waals surface area contributed by atoms with Gasteiger partial charge in [-0.05, 0) is 29.5 Å². The third kappa shape index (κ3) is 2.62. The van der Waals surface area contributed by atoms with Crippen molar-refractivity contribution in [3.8, 4) is 11.3 Å². The van der Waals surface area contributed by atoms with Crippen molar-refractivity contribution in [2.24, 2.45) is 0 Å². The van der Waals surface area contributed by atoms with Crippen LogP contribution in [0.4, 0.5) is 4.79 Å². The summed E-state index contributed by atoms with van der Waals surface area (Å²) in [6, 6.07) is 13.6. The third-order valence-corrected chi connectivity index (χ3v) is 3.61. The highest BCUT2D eigenvalue weighted by molar-refractivity contribution is 8.18. The number of amides is 2. The predicted molar refractivity (Wildman–Crippen MR) is 78.8 cm³/mol. The van der Waals surface area contributed by atoms with Gasteiger partial charge in [-0.1, -0.05) is 36.4 Å². The van der Waals surface area contributed by atoms with Gasteiger partial charge in [0.1, 0.15) is 0 Å². The van der Waals surface area contributed by atoms with Crippen LogP contribution in [0, 0.1) is 0 Å². The van der Waals surface area contributed by atoms with E-state index in [1.165, 1.54) is 0 Å². The number of thioether (sulfide) groups is 1. The third-order valence-electron chi connectivity index (χ3n) is 2.80. The first kappa shape index (κ1) is 12.6. The lowest BCUT2D eigenvalue weighted by atomic mass is 10.1. The first-order chi connectivity index (χ1) is 9.72. The molecule has 1 saturated heterocycles. The van der Waals surface area contributed by atoms with Crippen molar-refractivity contribution in [1.82, 2.24) is 10.3 Å². The van der Waals surface area contributed by atoms with Crippen molar-refractivity contribution >= 4 is 29.0 Å². The Morgan fingerprint density at radius 2 is 1.85 bits per heavy atom. The van der Waals surface area contributed by atoms with Crippen LogP contribution < -0.4 is 5.32 Å². The molecule has 0 spiro atoms. The molecule has 98 valence electrons. The van der Waals surface area contributed by atoms with E-state index >= 15 is 0 Å². The molecule has 0 saturated carbocycles. The second-order valence-corrected chi connectivity index (χ2v) is 5.21. The van der Waals surface area contributed by atoms with Crippen molar-refractivity contribution in [3.05, 3.63) is 59.1 Å². The monoisotopic (exact) mass is 282 g/mol. The molecule has 20 heavy (non-hydrogen) atoms. The highest BCUT2D eigenvalue weighted by atomic mass is 32.2. The van der Waals surface area contributed by atoms with Crippen LogP contribution in [0.1, 0.15) is 5.56 Å². The van der Waals surface area contributed by atoms with Gasteiger partial charge in [0.25, 0.3) is 11.1 Å². The summed E-state index contributed by atoms with van der Waals surface area (Å²) < 4.78 is 0. The standard InChI is InChI=1S/C15H10N2O2S/c18-14-13(20-15(19)17-14)8-10-6-7-12(16-9-10)11-4-2-1-3-5-11/h1-9H,(H,17,18,19). The molecule has 4 nitrogen and oxygen atoms in total. The Morgan fingerprint density at radius 1 is 1.05 bits per heavy atom. The van der Waals surface area contributed by atoms with Crippen molar-refractivity contribution < 1.29 is 9.59 Å². The van der Waals surface area contributed by atoms with Crippen molar-refractivity contribution in [1.29, 1.82) is 0 Å². The van der Waals surface area contributed by atoms with Gasteiger partial charge in [0.05, 0.1) is 10.6 Å². The van der Waals surface area contributed by atoms with E-state index in [9.17, 15) is 9.59 Å². The maximum absolute atomic E-state index is 11.4. The van der Waals surface area contributed by atoms with E-state index in [-0.39, 0.29) is 11.1 Å². The summed E-state index contributed by atoms with van der Waals surface area (Å²) in [6.07, 6.45) is 3.35. The lowest BCUT2D eigenvalue weighted by Crippen LogP contribution is -2.17. The lowest BCUT2D eigenvalue weighted by Gasteiger charge is -2.01. The number of carbonyl (C=O) groups is 2. The van der Waals surface area contributed by atoms with Crippen LogP contribution >= 0.6 is 11.8 Å². The maximum Gasteiger partial charge on any atom is 0.290 e. The summed E-state index contributed by atoms with van der Waals surface area (Å²) in [5.41, 5.74) is 2.69. The number of pyridine rings is 1. The van der Waals surface area contributed by atoms with Crippen molar-refractivity contribution in [3.63, 3.8) is 0 Å². The Morgan fingerprint density at radius 3 is 2.45 bits per heavy atom. The summed E-state index contributed by atoms with van der Waals surface area (Å²) >= 11 is 0.903. The van der Waals surface area contributed by atoms with Crippen LogP contribution in [-0.2, 0) is 4.79 Å². The van der Waals surface area contributed by atoms with E-state index in [0.29, 0.717) is 4.91 Å². The Hall–Kier alpha value is -2.40. The molecule has 2 amide bonds. The molecule has 0 aliphatic carbocycles. The first-order valence-electron chi connectivity index (χ1n) is 5.99. The minimum Gasteiger partial charge on any atom is -0.282 e. The number of nitrogens with one attached hydrogen (secondary N) is 1. The van der Waals surface area contributed by atoms with E-state index in [1.807, 2.05) is 42.5 Å². The van der Waals surface area contributed by atoms with Crippen LogP contribution in [0.25, 0.3) is 17.3 Å². The molecule has 0 bridgehead atoms. The maximum atomic E-state index is 11.4. The first-order valence-corrected chi connectivity index (χ1v) is 6.80. The smallest absolute Gasteiger partial charge is 0.282 e. The molecular formula is C15H10N2O2S. The van der Waals surface area contributed by atoms with Crippen molar-refractivity contribution in [2.45, 2.75) is 0 Å². The molecule has 1 aliphatic heterocycles. The van der Waals surface area contributed by atoms with Gasteiger partial charge in [0.15, 0.2) is 0 Å². The van der Waals surface area contributed by atoms with Crippen LogP contribution in [-0.4, -0.2) is 16.1 Å². The molecule has 2 heterocycles. The van der Waals surface area contributed by atoms with E-state index in [2.05, 4.69) is 10.3 Å². The molecule has 3 rings (SSSR count). The number of rotatable bonds is 2. The van der Waals surface area contributed by atoms with Crippen LogP contribution in [0.3, 0.4) is 0 Å². The van der Waals surface area contributed by atoms with Gasteiger partial charge in [0, 0.05) is 11.8 Å². The zero-order valence-corrected chi connectivity index (χ0v) is 11.2. The number of aromatic nitrogens is 1. The number of carbonyl (C=O) groups excluding carboxylic acids is 2. The second-order valence-electron chi connectivity index (χ2n) is 4.20. The summed E-state index contributed by atoms with van der Waals surface area (Å²) in [7, 11) is 0. The van der Waals surface area contributed by atoms with Gasteiger partial charge in [-0.3, -0.25) is 19.9 Å². The number of hydrogen-bond donors (Lipinski definition) is 1. The van der Waals surface area contributed by atoms with E-state index in [1.54, 1.807) is 12.3 Å². The highest BCUT2D eigenvalue weighted by Crippen LogP contribution is 2.25. The normalized spacial score (nSPS) is 16.5. The number of benzene rings is 1. The number of nitrogens with zero attached hydrogens (tertiary/aromatic N) is 1. The highest BCUT2D eigenvalue weighted by Gasteiger charge is 2.24. The van der Waals surface area contributed by atoms with Crippen LogP contribution in [0.5, 0.6) is 0 Å². The SMILES string of the molecule is O=C1NC(=O)C(=Cc2ccc(-c3ccccc3)nc2)S1. The van der Waals surface area contributed by atoms with E-state index < -0.39 is 0 Å². The van der Waals surface area contributed by atoms with Crippen LogP contribution in [0.15, 0.2) is 53.6 Å². The molecule has 0 atom stereocenters. The zero-order valence-electron chi connectivity index (χ0n) is 10.4. The molecule has 0 unspecified atom stereocenters. The molecule has 1 fully saturated rings. The quantitative estimate of drug-likeness (QED) is 0.860. The fraction of sp³-hybridized carbons (Fsp3) is 0. The second kappa shape index (κ2) is 5.30. The summed E-state index contributed by atoms with van der Waals surface area (Å²) in [6.45, 7) is 0. The molecule has 1 aliphatic rings. The predicted octanol–water partition coefficient (Wildman–Crippen LogP) is 3.07. The minimum absolute atomic E-state index is 0.338. The zero-order chi connectivity index (χ0) is 13.9. The molecular weight excluding hydrogens is 272 g/mol. The number of imide groups is 1.